The maximum atomic E-state index is 10.9. The van der Waals surface area contributed by atoms with Crippen molar-refractivity contribution in [1.82, 2.24) is 0 Å². The van der Waals surface area contributed by atoms with E-state index in [9.17, 15) is 20.2 Å². The highest BCUT2D eigenvalue weighted by Gasteiger charge is 2.59. The van der Waals surface area contributed by atoms with Gasteiger partial charge in [-0.25, -0.2) is 0 Å². The fourth-order valence-electron chi connectivity index (χ4n) is 7.07. The van der Waals surface area contributed by atoms with Crippen molar-refractivity contribution in [1.29, 1.82) is 0 Å². The summed E-state index contributed by atoms with van der Waals surface area (Å²) in [7, 11) is 0. The molecule has 0 aromatic heterocycles. The van der Waals surface area contributed by atoms with Crippen LogP contribution in [0, 0.1) is 48.8 Å². The Morgan fingerprint density at radius 3 is 2.44 bits per heavy atom. The second-order valence-corrected chi connectivity index (χ2v) is 9.39. The van der Waals surface area contributed by atoms with Crippen LogP contribution in [0.2, 0.25) is 0 Å². The van der Waals surface area contributed by atoms with Gasteiger partial charge in [0.2, 0.25) is 0 Å². The van der Waals surface area contributed by atoms with Crippen molar-refractivity contribution in [3.05, 3.63) is 31.9 Å². The summed E-state index contributed by atoms with van der Waals surface area (Å²) in [6.45, 7) is 4.50. The van der Waals surface area contributed by atoms with E-state index in [4.69, 9.17) is 9.68 Å². The first-order chi connectivity index (χ1) is 12.7. The van der Waals surface area contributed by atoms with Crippen molar-refractivity contribution in [2.45, 2.75) is 77.4 Å². The van der Waals surface area contributed by atoms with E-state index in [0.717, 1.165) is 38.5 Å². The zero-order valence-corrected chi connectivity index (χ0v) is 16.0. The molecule has 0 radical (unpaired) electrons. The molecule has 0 N–H and O–H groups in total. The van der Waals surface area contributed by atoms with Crippen LogP contribution in [0.25, 0.3) is 0 Å². The molecule has 0 spiro atoms. The highest BCUT2D eigenvalue weighted by Crippen LogP contribution is 2.65. The molecule has 0 amide bonds. The van der Waals surface area contributed by atoms with Crippen LogP contribution in [0.3, 0.4) is 0 Å². The molecule has 3 saturated carbocycles. The van der Waals surface area contributed by atoms with Gasteiger partial charge in [0.25, 0.3) is 10.2 Å². The Hall–Kier alpha value is -1.86. The average molecular weight is 380 g/mol. The van der Waals surface area contributed by atoms with E-state index in [2.05, 4.69) is 19.9 Å². The summed E-state index contributed by atoms with van der Waals surface area (Å²) in [6, 6.07) is 0. The Morgan fingerprint density at radius 1 is 1.00 bits per heavy atom. The van der Waals surface area contributed by atoms with Crippen LogP contribution < -0.4 is 0 Å². The molecule has 0 saturated heterocycles. The number of hydrogen-bond donors (Lipinski definition) is 0. The summed E-state index contributed by atoms with van der Waals surface area (Å²) in [4.78, 5) is 31.6. The van der Waals surface area contributed by atoms with E-state index in [0.29, 0.717) is 30.6 Å². The summed E-state index contributed by atoms with van der Waals surface area (Å²) < 4.78 is 0. The standard InChI is InChI=1S/C19H28N2O6/c1-18-9-7-13(26-20(22)23)11-12(18)3-4-14-15-5-6-17(27-21(24)25)19(15,2)10-8-16(14)18/h3,13-17H,4-11H2,1-2H3/t13-,14-,15-,16-,17-,18-,19-/m0/s1. The minimum absolute atomic E-state index is 0.0722. The topological polar surface area (TPSA) is 105 Å². The largest absolute Gasteiger partial charge is 0.310 e. The molecule has 8 nitrogen and oxygen atoms in total. The predicted octanol–water partition coefficient (Wildman–Crippen LogP) is 4.10. The first-order valence-electron chi connectivity index (χ1n) is 10.1. The monoisotopic (exact) mass is 380 g/mol. The molecule has 0 aromatic carbocycles. The molecule has 0 unspecified atom stereocenters. The molecule has 4 rings (SSSR count). The average Bonchev–Trinajstić information content (AvgIpc) is 2.91. The van der Waals surface area contributed by atoms with Crippen LogP contribution >= 0.6 is 0 Å². The molecular weight excluding hydrogens is 352 g/mol. The highest BCUT2D eigenvalue weighted by atomic mass is 17.0. The van der Waals surface area contributed by atoms with E-state index >= 15 is 0 Å². The highest BCUT2D eigenvalue weighted by molar-refractivity contribution is 5.25. The molecule has 27 heavy (non-hydrogen) atoms. The SMILES string of the molecule is C[C@]12CC[C@H]3[C@@H](CC=C4C[C@@H](O[N+](=O)[O-])CC[C@@]43C)[C@@H]1CC[C@@H]2O[N+](=O)[O-]. The maximum Gasteiger partial charge on any atom is 0.294 e. The molecule has 4 aliphatic carbocycles. The fraction of sp³-hybridized carbons (Fsp3) is 0.895. The zero-order chi connectivity index (χ0) is 19.4. The molecule has 0 aliphatic heterocycles. The van der Waals surface area contributed by atoms with Gasteiger partial charge in [-0.15, -0.1) is 20.2 Å². The van der Waals surface area contributed by atoms with Crippen LogP contribution in [0.15, 0.2) is 11.6 Å². The van der Waals surface area contributed by atoms with E-state index in [-0.39, 0.29) is 23.0 Å². The Balaban J connectivity index is 1.55. The Morgan fingerprint density at radius 2 is 1.74 bits per heavy atom. The van der Waals surface area contributed by atoms with Gasteiger partial charge >= 0.3 is 0 Å². The fourth-order valence-corrected chi connectivity index (χ4v) is 7.07. The first kappa shape index (κ1) is 18.5. The van der Waals surface area contributed by atoms with Crippen LogP contribution in [0.5, 0.6) is 0 Å². The van der Waals surface area contributed by atoms with Gasteiger partial charge in [0.1, 0.15) is 12.2 Å². The van der Waals surface area contributed by atoms with Gasteiger partial charge in [-0.1, -0.05) is 25.5 Å². The minimum Gasteiger partial charge on any atom is -0.310 e. The lowest BCUT2D eigenvalue weighted by Crippen LogP contribution is -2.51. The molecule has 4 aliphatic rings. The van der Waals surface area contributed by atoms with Crippen LogP contribution in [0.4, 0.5) is 0 Å². The van der Waals surface area contributed by atoms with Crippen LogP contribution in [-0.2, 0) is 9.68 Å². The van der Waals surface area contributed by atoms with Crippen molar-refractivity contribution in [3.8, 4) is 0 Å². The smallest absolute Gasteiger partial charge is 0.294 e. The molecule has 0 aromatic rings. The van der Waals surface area contributed by atoms with Crippen molar-refractivity contribution in [2.75, 3.05) is 0 Å². The van der Waals surface area contributed by atoms with Gasteiger partial charge < -0.3 is 9.68 Å². The summed E-state index contributed by atoms with van der Waals surface area (Å²) in [5.74, 6) is 1.51. The third-order valence-corrected chi connectivity index (χ3v) is 8.42. The summed E-state index contributed by atoms with van der Waals surface area (Å²) in [5, 5.41) is 20.3. The zero-order valence-electron chi connectivity index (χ0n) is 16.0. The van der Waals surface area contributed by atoms with Gasteiger partial charge in [0.15, 0.2) is 0 Å². The van der Waals surface area contributed by atoms with Gasteiger partial charge in [0, 0.05) is 0 Å². The third kappa shape index (κ3) is 2.88. The number of nitrogens with zero attached hydrogens (tertiary/aromatic N) is 2. The Kier molecular flexibility index (Phi) is 4.35. The lowest BCUT2D eigenvalue weighted by Gasteiger charge is -2.57. The molecule has 0 bridgehead atoms. The van der Waals surface area contributed by atoms with E-state index in [1.807, 2.05) is 0 Å². The van der Waals surface area contributed by atoms with Gasteiger partial charge in [-0.3, -0.25) is 0 Å². The number of allylic oxidation sites excluding steroid dienone is 1. The molecule has 8 heteroatoms. The molecule has 3 fully saturated rings. The lowest BCUT2D eigenvalue weighted by atomic mass is 9.48. The first-order valence-corrected chi connectivity index (χ1v) is 10.1. The van der Waals surface area contributed by atoms with Crippen LogP contribution in [-0.4, -0.2) is 22.4 Å². The quantitative estimate of drug-likeness (QED) is 0.413. The van der Waals surface area contributed by atoms with Gasteiger partial charge in [0.05, 0.1) is 0 Å². The molecule has 150 valence electrons. The van der Waals surface area contributed by atoms with Crippen molar-refractivity contribution >= 4 is 0 Å². The molecular formula is C19H28N2O6. The summed E-state index contributed by atoms with van der Waals surface area (Å²) in [6.07, 6.45) is 8.67. The number of rotatable bonds is 4. The second kappa shape index (κ2) is 6.34. The normalized spacial score (nSPS) is 45.7. The Bertz CT molecular complexity index is 681. The van der Waals surface area contributed by atoms with Crippen LogP contribution in [0.1, 0.15) is 65.2 Å². The van der Waals surface area contributed by atoms with Gasteiger partial charge in [-0.2, -0.15) is 0 Å². The van der Waals surface area contributed by atoms with E-state index < -0.39 is 10.2 Å². The van der Waals surface area contributed by atoms with E-state index in [1.54, 1.807) is 0 Å². The Labute approximate surface area is 158 Å². The van der Waals surface area contributed by atoms with E-state index in [1.165, 1.54) is 5.57 Å². The minimum atomic E-state index is -0.667. The summed E-state index contributed by atoms with van der Waals surface area (Å²) >= 11 is 0. The maximum absolute atomic E-state index is 10.9. The molecule has 7 atom stereocenters. The van der Waals surface area contributed by atoms with Crippen molar-refractivity contribution in [2.24, 2.45) is 28.6 Å². The lowest BCUT2D eigenvalue weighted by molar-refractivity contribution is -0.772. The summed E-state index contributed by atoms with van der Waals surface area (Å²) in [5.41, 5.74) is 1.27. The predicted molar refractivity (Wildman–Crippen MR) is 95.4 cm³/mol. The third-order valence-electron chi connectivity index (χ3n) is 8.42. The number of fused-ring (bicyclic) bond motifs is 5. The number of hydrogen-bond acceptors (Lipinski definition) is 6. The molecule has 0 heterocycles. The van der Waals surface area contributed by atoms with Crippen molar-refractivity contribution < 1.29 is 19.8 Å². The van der Waals surface area contributed by atoms with Crippen molar-refractivity contribution in [3.63, 3.8) is 0 Å². The van der Waals surface area contributed by atoms with Gasteiger partial charge in [-0.05, 0) is 80.0 Å². The second-order valence-electron chi connectivity index (χ2n) is 9.39.